The molecule has 3 rings (SSSR count). The number of piperidine rings is 1. The highest BCUT2D eigenvalue weighted by Gasteiger charge is 2.29. The van der Waals surface area contributed by atoms with Gasteiger partial charge in [-0.2, -0.15) is 5.26 Å². The van der Waals surface area contributed by atoms with Gasteiger partial charge in [0.05, 0.1) is 17.6 Å². The number of carbonyl (C=O) groups excluding carboxylic acids is 2. The number of hydrogen-bond donors (Lipinski definition) is 2. The van der Waals surface area contributed by atoms with Crippen molar-refractivity contribution < 1.29 is 9.59 Å². The van der Waals surface area contributed by atoms with Gasteiger partial charge in [-0.1, -0.05) is 25.3 Å². The smallest absolute Gasteiger partial charge is 0.321 e. The number of anilines is 1. The molecule has 1 aromatic rings. The molecule has 1 aliphatic carbocycles. The summed E-state index contributed by atoms with van der Waals surface area (Å²) in [6.07, 6.45) is 7.42. The van der Waals surface area contributed by atoms with E-state index in [1.54, 1.807) is 29.2 Å². The van der Waals surface area contributed by atoms with Crippen LogP contribution in [0.1, 0.15) is 50.5 Å². The fourth-order valence-corrected chi connectivity index (χ4v) is 3.81. The molecule has 0 aromatic heterocycles. The standard InChI is InChI=1S/C20H26N4O2/c21-13-15-6-4-10-18(12-15)23-20(26)24-11-5-7-16(14-24)19(25)22-17-8-2-1-3-9-17/h4,6,10,12,16-17H,1-3,5,7-9,11,14H2,(H,22,25)(H,23,26)/t16-/m1/s1. The van der Waals surface area contributed by atoms with Gasteiger partial charge in [0.1, 0.15) is 0 Å². The number of carbonyl (C=O) groups is 2. The van der Waals surface area contributed by atoms with Gasteiger partial charge in [0.2, 0.25) is 5.91 Å². The highest BCUT2D eigenvalue weighted by molar-refractivity contribution is 5.90. The minimum Gasteiger partial charge on any atom is -0.353 e. The third-order valence-corrected chi connectivity index (χ3v) is 5.27. The Balaban J connectivity index is 1.54. The summed E-state index contributed by atoms with van der Waals surface area (Å²) < 4.78 is 0. The molecular formula is C20H26N4O2. The topological polar surface area (TPSA) is 85.2 Å². The lowest BCUT2D eigenvalue weighted by Crippen LogP contribution is -2.48. The van der Waals surface area contributed by atoms with Gasteiger partial charge in [0, 0.05) is 24.8 Å². The van der Waals surface area contributed by atoms with Crippen molar-refractivity contribution in [2.45, 2.75) is 51.0 Å². The van der Waals surface area contributed by atoms with Crippen LogP contribution in [0.15, 0.2) is 24.3 Å². The summed E-state index contributed by atoms with van der Waals surface area (Å²) in [5.74, 6) is -0.0530. The Labute approximate surface area is 154 Å². The van der Waals surface area contributed by atoms with E-state index in [0.717, 1.165) is 25.7 Å². The fourth-order valence-electron chi connectivity index (χ4n) is 3.81. The maximum absolute atomic E-state index is 12.6. The van der Waals surface area contributed by atoms with Gasteiger partial charge in [0.25, 0.3) is 0 Å². The summed E-state index contributed by atoms with van der Waals surface area (Å²) in [5, 5.41) is 15.0. The van der Waals surface area contributed by atoms with Crippen molar-refractivity contribution in [1.29, 1.82) is 5.26 Å². The van der Waals surface area contributed by atoms with Gasteiger partial charge in [-0.05, 0) is 43.9 Å². The van der Waals surface area contributed by atoms with E-state index in [1.165, 1.54) is 19.3 Å². The largest absolute Gasteiger partial charge is 0.353 e. The van der Waals surface area contributed by atoms with Crippen LogP contribution in [-0.4, -0.2) is 36.0 Å². The summed E-state index contributed by atoms with van der Waals surface area (Å²) in [4.78, 5) is 26.8. The van der Waals surface area contributed by atoms with Crippen molar-refractivity contribution in [3.8, 4) is 6.07 Å². The van der Waals surface area contributed by atoms with Crippen LogP contribution < -0.4 is 10.6 Å². The first kappa shape index (κ1) is 18.2. The Morgan fingerprint density at radius 3 is 2.69 bits per heavy atom. The second-order valence-corrected chi connectivity index (χ2v) is 7.25. The van der Waals surface area contributed by atoms with Crippen LogP contribution in [0.5, 0.6) is 0 Å². The van der Waals surface area contributed by atoms with Crippen molar-refractivity contribution in [3.63, 3.8) is 0 Å². The van der Waals surface area contributed by atoms with Gasteiger partial charge in [-0.25, -0.2) is 4.79 Å². The predicted molar refractivity (Wildman–Crippen MR) is 99.5 cm³/mol. The molecule has 1 heterocycles. The van der Waals surface area contributed by atoms with Crippen molar-refractivity contribution in [2.75, 3.05) is 18.4 Å². The van der Waals surface area contributed by atoms with Crippen molar-refractivity contribution in [2.24, 2.45) is 5.92 Å². The Bertz CT molecular complexity index is 691. The van der Waals surface area contributed by atoms with Gasteiger partial charge in [0.15, 0.2) is 0 Å². The predicted octanol–water partition coefficient (Wildman–Crippen LogP) is 3.25. The van der Waals surface area contributed by atoms with Gasteiger partial charge in [-0.15, -0.1) is 0 Å². The minimum absolute atomic E-state index is 0.0841. The lowest BCUT2D eigenvalue weighted by Gasteiger charge is -2.33. The number of nitrogens with one attached hydrogen (secondary N) is 2. The number of rotatable bonds is 3. The SMILES string of the molecule is N#Cc1cccc(NC(=O)N2CCC[C@@H](C(=O)NC3CCCCC3)C2)c1. The molecular weight excluding hydrogens is 328 g/mol. The Hall–Kier alpha value is -2.55. The summed E-state index contributed by atoms with van der Waals surface area (Å²) in [5.41, 5.74) is 1.11. The number of amides is 3. The Kier molecular flexibility index (Phi) is 6.11. The van der Waals surface area contributed by atoms with E-state index in [-0.39, 0.29) is 17.9 Å². The van der Waals surface area contributed by atoms with Gasteiger partial charge >= 0.3 is 6.03 Å². The van der Waals surface area contributed by atoms with E-state index in [1.807, 2.05) is 0 Å². The molecule has 0 unspecified atom stereocenters. The summed E-state index contributed by atoms with van der Waals surface area (Å²) in [7, 11) is 0. The first-order valence-electron chi connectivity index (χ1n) is 9.52. The van der Waals surface area contributed by atoms with Gasteiger partial charge < -0.3 is 15.5 Å². The third-order valence-electron chi connectivity index (χ3n) is 5.27. The minimum atomic E-state index is -0.213. The van der Waals surface area contributed by atoms with Crippen LogP contribution in [-0.2, 0) is 4.79 Å². The van der Waals surface area contributed by atoms with Crippen LogP contribution >= 0.6 is 0 Å². The van der Waals surface area contributed by atoms with Crippen LogP contribution in [0.25, 0.3) is 0 Å². The zero-order valence-electron chi connectivity index (χ0n) is 15.0. The molecule has 6 heteroatoms. The quantitative estimate of drug-likeness (QED) is 0.874. The molecule has 2 aliphatic rings. The molecule has 2 N–H and O–H groups in total. The molecule has 1 saturated heterocycles. The second kappa shape index (κ2) is 8.70. The average Bonchev–Trinajstić information content (AvgIpc) is 2.69. The summed E-state index contributed by atoms with van der Waals surface area (Å²) >= 11 is 0. The van der Waals surface area contributed by atoms with Crippen molar-refractivity contribution in [1.82, 2.24) is 10.2 Å². The number of nitrogens with zero attached hydrogens (tertiary/aromatic N) is 2. The molecule has 6 nitrogen and oxygen atoms in total. The molecule has 0 bridgehead atoms. The third kappa shape index (κ3) is 4.75. The van der Waals surface area contributed by atoms with Crippen LogP contribution in [0.3, 0.4) is 0 Å². The van der Waals surface area contributed by atoms with Gasteiger partial charge in [-0.3, -0.25) is 4.79 Å². The van der Waals surface area contributed by atoms with E-state index in [0.29, 0.717) is 30.4 Å². The second-order valence-electron chi connectivity index (χ2n) is 7.25. The fraction of sp³-hybridized carbons (Fsp3) is 0.550. The van der Waals surface area contributed by atoms with E-state index in [4.69, 9.17) is 5.26 Å². The van der Waals surface area contributed by atoms with Crippen LogP contribution in [0, 0.1) is 17.2 Å². The highest BCUT2D eigenvalue weighted by Crippen LogP contribution is 2.21. The van der Waals surface area contributed by atoms with E-state index in [2.05, 4.69) is 16.7 Å². The number of benzene rings is 1. The summed E-state index contributed by atoms with van der Waals surface area (Å²) in [6, 6.07) is 9.00. The van der Waals surface area contributed by atoms with Crippen molar-refractivity contribution in [3.05, 3.63) is 29.8 Å². The lowest BCUT2D eigenvalue weighted by atomic mass is 9.93. The zero-order chi connectivity index (χ0) is 18.4. The number of urea groups is 1. The first-order chi connectivity index (χ1) is 12.7. The van der Waals surface area contributed by atoms with E-state index in [9.17, 15) is 9.59 Å². The molecule has 138 valence electrons. The molecule has 1 saturated carbocycles. The zero-order valence-corrected chi connectivity index (χ0v) is 15.0. The normalized spacial score (nSPS) is 20.9. The highest BCUT2D eigenvalue weighted by atomic mass is 16.2. The van der Waals surface area contributed by atoms with Crippen LogP contribution in [0.2, 0.25) is 0 Å². The molecule has 1 aromatic carbocycles. The summed E-state index contributed by atoms with van der Waals surface area (Å²) in [6.45, 7) is 1.10. The average molecular weight is 354 g/mol. The molecule has 0 spiro atoms. The molecule has 1 atom stereocenters. The molecule has 26 heavy (non-hydrogen) atoms. The molecule has 0 radical (unpaired) electrons. The van der Waals surface area contributed by atoms with E-state index < -0.39 is 0 Å². The monoisotopic (exact) mass is 354 g/mol. The maximum atomic E-state index is 12.6. The molecule has 1 aliphatic heterocycles. The lowest BCUT2D eigenvalue weighted by molar-refractivity contribution is -0.127. The Morgan fingerprint density at radius 1 is 1.12 bits per heavy atom. The van der Waals surface area contributed by atoms with Crippen LogP contribution in [0.4, 0.5) is 10.5 Å². The maximum Gasteiger partial charge on any atom is 0.321 e. The first-order valence-corrected chi connectivity index (χ1v) is 9.52. The van der Waals surface area contributed by atoms with Crippen molar-refractivity contribution >= 4 is 17.6 Å². The number of hydrogen-bond acceptors (Lipinski definition) is 3. The molecule has 2 fully saturated rings. The Morgan fingerprint density at radius 2 is 1.92 bits per heavy atom. The molecule has 3 amide bonds. The number of likely N-dealkylation sites (tertiary alicyclic amines) is 1. The van der Waals surface area contributed by atoms with E-state index >= 15 is 0 Å². The number of nitriles is 1.